The van der Waals surface area contributed by atoms with Crippen LogP contribution in [0, 0.1) is 11.7 Å². The van der Waals surface area contributed by atoms with Crippen LogP contribution >= 0.6 is 0 Å². The summed E-state index contributed by atoms with van der Waals surface area (Å²) in [7, 11) is -3.74. The first-order valence-corrected chi connectivity index (χ1v) is 12.2. The minimum Gasteiger partial charge on any atom is -0.459 e. The van der Waals surface area contributed by atoms with Gasteiger partial charge >= 0.3 is 0 Å². The Morgan fingerprint density at radius 2 is 1.62 bits per heavy atom. The van der Waals surface area contributed by atoms with Crippen LogP contribution in [0.15, 0.2) is 52.0 Å². The molecule has 0 spiro atoms. The summed E-state index contributed by atoms with van der Waals surface area (Å²) in [6, 6.07) is 8.07. The van der Waals surface area contributed by atoms with E-state index < -0.39 is 15.8 Å². The normalized spacial score (nSPS) is 19.0. The molecule has 2 saturated heterocycles. The molecular weight excluding hydrogens is 437 g/mol. The van der Waals surface area contributed by atoms with E-state index in [1.165, 1.54) is 22.7 Å². The van der Waals surface area contributed by atoms with Crippen molar-refractivity contribution in [1.29, 1.82) is 0 Å². The van der Waals surface area contributed by atoms with Gasteiger partial charge in [-0.3, -0.25) is 9.59 Å². The topological polar surface area (TPSA) is 91.1 Å². The van der Waals surface area contributed by atoms with Crippen molar-refractivity contribution in [3.63, 3.8) is 0 Å². The molecule has 0 radical (unpaired) electrons. The lowest BCUT2D eigenvalue weighted by Crippen LogP contribution is -2.45. The predicted octanol–water partition coefficient (Wildman–Crippen LogP) is 2.19. The SMILES string of the molecule is O=C(c1ccco1)N1CCC(C(=O)N2CCCN(S(=O)(=O)c3ccc(F)cc3)CC2)CC1. The van der Waals surface area contributed by atoms with Gasteiger partial charge in [-0.2, -0.15) is 4.31 Å². The zero-order valence-electron chi connectivity index (χ0n) is 17.7. The summed E-state index contributed by atoms with van der Waals surface area (Å²) in [6.07, 6.45) is 3.13. The number of nitrogens with zero attached hydrogens (tertiary/aromatic N) is 3. The Kier molecular flexibility index (Phi) is 6.61. The van der Waals surface area contributed by atoms with Crippen LogP contribution in [0.2, 0.25) is 0 Å². The number of amides is 2. The maximum absolute atomic E-state index is 13.2. The van der Waals surface area contributed by atoms with E-state index in [4.69, 9.17) is 4.42 Å². The van der Waals surface area contributed by atoms with Crippen LogP contribution in [-0.4, -0.2) is 73.6 Å². The smallest absolute Gasteiger partial charge is 0.289 e. The van der Waals surface area contributed by atoms with Gasteiger partial charge < -0.3 is 14.2 Å². The Hall–Kier alpha value is -2.72. The van der Waals surface area contributed by atoms with Crippen LogP contribution in [-0.2, 0) is 14.8 Å². The first kappa shape index (κ1) is 22.5. The van der Waals surface area contributed by atoms with E-state index in [0.717, 1.165) is 12.1 Å². The summed E-state index contributed by atoms with van der Waals surface area (Å²) in [6.45, 7) is 2.26. The molecule has 0 saturated carbocycles. The number of likely N-dealkylation sites (tertiary alicyclic amines) is 1. The van der Waals surface area contributed by atoms with E-state index in [9.17, 15) is 22.4 Å². The minimum atomic E-state index is -3.74. The molecule has 2 aliphatic rings. The number of carbonyl (C=O) groups is 2. The number of hydrogen-bond acceptors (Lipinski definition) is 5. The third kappa shape index (κ3) is 4.71. The third-order valence-electron chi connectivity index (χ3n) is 6.08. The molecule has 2 aliphatic heterocycles. The molecule has 8 nitrogen and oxygen atoms in total. The summed E-state index contributed by atoms with van der Waals surface area (Å²) in [5.74, 6) is -0.539. The van der Waals surface area contributed by atoms with Gasteiger partial charge in [0.15, 0.2) is 5.76 Å². The van der Waals surface area contributed by atoms with Crippen LogP contribution in [0.1, 0.15) is 29.8 Å². The van der Waals surface area contributed by atoms with E-state index in [1.54, 1.807) is 21.9 Å². The number of hydrogen-bond donors (Lipinski definition) is 0. The molecule has 4 rings (SSSR count). The third-order valence-corrected chi connectivity index (χ3v) is 7.99. The van der Waals surface area contributed by atoms with Crippen LogP contribution in [0.25, 0.3) is 0 Å². The number of piperidine rings is 1. The van der Waals surface area contributed by atoms with E-state index >= 15 is 0 Å². The standard InChI is InChI=1S/C22H26FN3O5S/c23-18-4-6-19(7-5-18)32(29,30)26-11-2-10-24(14-15-26)21(27)17-8-12-25(13-9-17)22(28)20-3-1-16-31-20/h1,3-7,16-17H,2,8-15H2. The fourth-order valence-corrected chi connectivity index (χ4v) is 5.72. The summed E-state index contributed by atoms with van der Waals surface area (Å²) in [5, 5.41) is 0. The Labute approximate surface area is 186 Å². The zero-order valence-corrected chi connectivity index (χ0v) is 18.5. The lowest BCUT2D eigenvalue weighted by molar-refractivity contribution is -0.136. The van der Waals surface area contributed by atoms with Crippen LogP contribution in [0.5, 0.6) is 0 Å². The lowest BCUT2D eigenvalue weighted by atomic mass is 9.95. The van der Waals surface area contributed by atoms with Crippen LogP contribution in [0.4, 0.5) is 4.39 Å². The highest BCUT2D eigenvalue weighted by atomic mass is 32.2. The van der Waals surface area contributed by atoms with E-state index in [1.807, 2.05) is 0 Å². The van der Waals surface area contributed by atoms with Crippen LogP contribution in [0.3, 0.4) is 0 Å². The second kappa shape index (κ2) is 9.41. The second-order valence-corrected chi connectivity index (χ2v) is 10.0. The van der Waals surface area contributed by atoms with Crippen molar-refractivity contribution in [2.75, 3.05) is 39.3 Å². The predicted molar refractivity (Wildman–Crippen MR) is 114 cm³/mol. The molecule has 0 bridgehead atoms. The zero-order chi connectivity index (χ0) is 22.7. The first-order valence-electron chi connectivity index (χ1n) is 10.7. The molecule has 0 aliphatic carbocycles. The van der Waals surface area contributed by atoms with Gasteiger partial charge in [0.05, 0.1) is 11.2 Å². The van der Waals surface area contributed by atoms with Crippen molar-refractivity contribution in [3.05, 3.63) is 54.2 Å². The van der Waals surface area contributed by atoms with Crippen molar-refractivity contribution in [3.8, 4) is 0 Å². The Balaban J connectivity index is 1.33. The molecule has 172 valence electrons. The molecule has 0 unspecified atom stereocenters. The number of furan rings is 1. The molecule has 1 aromatic carbocycles. The average Bonchev–Trinajstić information content (AvgIpc) is 3.22. The number of sulfonamides is 1. The van der Waals surface area contributed by atoms with Gasteiger partial charge in [0, 0.05) is 45.2 Å². The molecule has 0 N–H and O–H groups in total. The molecule has 2 aromatic rings. The second-order valence-electron chi connectivity index (χ2n) is 8.08. The monoisotopic (exact) mass is 463 g/mol. The van der Waals surface area contributed by atoms with Crippen molar-refractivity contribution < 1.29 is 26.8 Å². The molecule has 32 heavy (non-hydrogen) atoms. The Bertz CT molecular complexity index is 1050. The van der Waals surface area contributed by atoms with Crippen molar-refractivity contribution in [1.82, 2.24) is 14.1 Å². The van der Waals surface area contributed by atoms with Crippen molar-refractivity contribution in [2.24, 2.45) is 5.92 Å². The molecule has 3 heterocycles. The number of carbonyl (C=O) groups excluding carboxylic acids is 2. The maximum atomic E-state index is 13.2. The molecule has 10 heteroatoms. The minimum absolute atomic E-state index is 0.0103. The van der Waals surface area contributed by atoms with Gasteiger partial charge in [0.1, 0.15) is 5.82 Å². The molecule has 1 aromatic heterocycles. The van der Waals surface area contributed by atoms with Gasteiger partial charge in [-0.25, -0.2) is 12.8 Å². The Morgan fingerprint density at radius 1 is 0.906 bits per heavy atom. The Morgan fingerprint density at radius 3 is 2.28 bits per heavy atom. The average molecular weight is 464 g/mol. The summed E-state index contributed by atoms with van der Waals surface area (Å²) < 4.78 is 45.5. The van der Waals surface area contributed by atoms with E-state index in [2.05, 4.69) is 0 Å². The van der Waals surface area contributed by atoms with E-state index in [0.29, 0.717) is 57.7 Å². The summed E-state index contributed by atoms with van der Waals surface area (Å²) in [5.41, 5.74) is 0. The van der Waals surface area contributed by atoms with E-state index in [-0.39, 0.29) is 29.2 Å². The fraction of sp³-hybridized carbons (Fsp3) is 0.455. The highest BCUT2D eigenvalue weighted by molar-refractivity contribution is 7.89. The van der Waals surface area contributed by atoms with Gasteiger partial charge in [-0.1, -0.05) is 0 Å². The number of benzene rings is 1. The highest BCUT2D eigenvalue weighted by Crippen LogP contribution is 2.23. The first-order chi connectivity index (χ1) is 15.4. The van der Waals surface area contributed by atoms with Crippen molar-refractivity contribution >= 4 is 21.8 Å². The van der Waals surface area contributed by atoms with Gasteiger partial charge in [-0.15, -0.1) is 0 Å². The summed E-state index contributed by atoms with van der Waals surface area (Å²) in [4.78, 5) is 28.9. The quantitative estimate of drug-likeness (QED) is 0.693. The lowest BCUT2D eigenvalue weighted by Gasteiger charge is -2.33. The number of halogens is 1. The largest absolute Gasteiger partial charge is 0.459 e. The van der Waals surface area contributed by atoms with Gasteiger partial charge in [0.25, 0.3) is 5.91 Å². The molecule has 0 atom stereocenters. The fourth-order valence-electron chi connectivity index (χ4n) is 4.25. The van der Waals surface area contributed by atoms with Gasteiger partial charge in [0.2, 0.25) is 15.9 Å². The summed E-state index contributed by atoms with van der Waals surface area (Å²) >= 11 is 0. The highest BCUT2D eigenvalue weighted by Gasteiger charge is 2.33. The molecule has 2 fully saturated rings. The van der Waals surface area contributed by atoms with Crippen molar-refractivity contribution in [2.45, 2.75) is 24.2 Å². The molecule has 2 amide bonds. The number of rotatable bonds is 4. The maximum Gasteiger partial charge on any atom is 0.289 e. The van der Waals surface area contributed by atoms with Crippen LogP contribution < -0.4 is 0 Å². The van der Waals surface area contributed by atoms with Gasteiger partial charge in [-0.05, 0) is 55.7 Å². The molecular formula is C22H26FN3O5S.